The third-order valence-corrected chi connectivity index (χ3v) is 5.77. The summed E-state index contributed by atoms with van der Waals surface area (Å²) in [6, 6.07) is 16.6. The molecule has 6 heteroatoms. The standard InChI is InChI=1S/C25H34N4O2/c1-19-9-10-21(15-23(19)31-3)11-13-27-25(26-2)28-17-22-16-24(30)29(18-22)14-12-20-7-5-4-6-8-20/h4-10,15,22H,11-14,16-18H2,1-3H3,(H2,26,27,28). The number of aryl methyl sites for hydroxylation is 1. The largest absolute Gasteiger partial charge is 0.496 e. The fourth-order valence-electron chi connectivity index (χ4n) is 3.92. The highest BCUT2D eigenvalue weighted by molar-refractivity contribution is 5.80. The molecule has 1 heterocycles. The molecule has 2 aromatic carbocycles. The van der Waals surface area contributed by atoms with Crippen molar-refractivity contribution in [1.29, 1.82) is 0 Å². The number of nitrogens with zero attached hydrogens (tertiary/aromatic N) is 2. The highest BCUT2D eigenvalue weighted by Crippen LogP contribution is 2.19. The Kier molecular flexibility index (Phi) is 8.33. The molecule has 3 rings (SSSR count). The molecule has 0 bridgehead atoms. The summed E-state index contributed by atoms with van der Waals surface area (Å²) in [5.74, 6) is 2.25. The van der Waals surface area contributed by atoms with Crippen molar-refractivity contribution >= 4 is 11.9 Å². The summed E-state index contributed by atoms with van der Waals surface area (Å²) in [5.41, 5.74) is 3.63. The van der Waals surface area contributed by atoms with Gasteiger partial charge in [0, 0.05) is 45.6 Å². The number of likely N-dealkylation sites (tertiary alicyclic amines) is 1. The number of ether oxygens (including phenoxy) is 1. The number of aliphatic imine (C=N–C) groups is 1. The molecule has 0 aromatic heterocycles. The average molecular weight is 423 g/mol. The molecule has 31 heavy (non-hydrogen) atoms. The summed E-state index contributed by atoms with van der Waals surface area (Å²) in [5, 5.41) is 6.74. The molecule has 1 saturated heterocycles. The maximum absolute atomic E-state index is 12.4. The fourth-order valence-corrected chi connectivity index (χ4v) is 3.92. The predicted octanol–water partition coefficient (Wildman–Crippen LogP) is 2.80. The Bertz CT molecular complexity index is 882. The summed E-state index contributed by atoms with van der Waals surface area (Å²) >= 11 is 0. The molecular weight excluding hydrogens is 388 g/mol. The number of nitrogens with one attached hydrogen (secondary N) is 2. The van der Waals surface area contributed by atoms with Crippen LogP contribution in [0, 0.1) is 12.8 Å². The smallest absolute Gasteiger partial charge is 0.223 e. The van der Waals surface area contributed by atoms with Gasteiger partial charge in [0.15, 0.2) is 5.96 Å². The van der Waals surface area contributed by atoms with E-state index in [9.17, 15) is 4.79 Å². The second-order valence-electron chi connectivity index (χ2n) is 8.08. The second kappa shape index (κ2) is 11.4. The van der Waals surface area contributed by atoms with Crippen LogP contribution in [0.2, 0.25) is 0 Å². The minimum absolute atomic E-state index is 0.249. The van der Waals surface area contributed by atoms with Crippen molar-refractivity contribution in [2.24, 2.45) is 10.9 Å². The fraction of sp³-hybridized carbons (Fsp3) is 0.440. The summed E-state index contributed by atoms with van der Waals surface area (Å²) in [6.07, 6.45) is 2.38. The van der Waals surface area contributed by atoms with Crippen molar-refractivity contribution in [3.05, 3.63) is 65.2 Å². The molecule has 1 aliphatic rings. The Balaban J connectivity index is 1.39. The van der Waals surface area contributed by atoms with E-state index in [2.05, 4.69) is 46.0 Å². The van der Waals surface area contributed by atoms with Crippen molar-refractivity contribution in [2.75, 3.05) is 40.3 Å². The average Bonchev–Trinajstić information content (AvgIpc) is 3.15. The quantitative estimate of drug-likeness (QED) is 0.482. The summed E-state index contributed by atoms with van der Waals surface area (Å²) in [6.45, 7) is 5.15. The van der Waals surface area contributed by atoms with Crippen molar-refractivity contribution in [3.8, 4) is 5.75 Å². The number of methoxy groups -OCH3 is 1. The van der Waals surface area contributed by atoms with Crippen LogP contribution in [0.15, 0.2) is 53.5 Å². The maximum atomic E-state index is 12.4. The number of rotatable bonds is 9. The zero-order valence-corrected chi connectivity index (χ0v) is 18.9. The van der Waals surface area contributed by atoms with E-state index in [4.69, 9.17) is 4.74 Å². The van der Waals surface area contributed by atoms with Crippen LogP contribution in [-0.2, 0) is 17.6 Å². The maximum Gasteiger partial charge on any atom is 0.223 e. The molecule has 2 N–H and O–H groups in total. The Labute approximate surface area is 185 Å². The lowest BCUT2D eigenvalue weighted by molar-refractivity contribution is -0.127. The minimum atomic E-state index is 0.249. The second-order valence-corrected chi connectivity index (χ2v) is 8.08. The summed E-state index contributed by atoms with van der Waals surface area (Å²) < 4.78 is 5.40. The first-order chi connectivity index (χ1) is 15.1. The number of guanidine groups is 1. The zero-order valence-electron chi connectivity index (χ0n) is 18.9. The Morgan fingerprint density at radius 2 is 1.94 bits per heavy atom. The number of hydrogen-bond acceptors (Lipinski definition) is 3. The van der Waals surface area contributed by atoms with Gasteiger partial charge in [-0.25, -0.2) is 0 Å². The van der Waals surface area contributed by atoms with Gasteiger partial charge in [0.05, 0.1) is 7.11 Å². The monoisotopic (exact) mass is 422 g/mol. The summed E-state index contributed by atoms with van der Waals surface area (Å²) in [4.78, 5) is 18.7. The minimum Gasteiger partial charge on any atom is -0.496 e. The number of amides is 1. The van der Waals surface area contributed by atoms with Gasteiger partial charge in [-0.05, 0) is 42.5 Å². The molecular formula is C25H34N4O2. The molecule has 1 fully saturated rings. The molecule has 0 aliphatic carbocycles. The summed E-state index contributed by atoms with van der Waals surface area (Å²) in [7, 11) is 3.48. The lowest BCUT2D eigenvalue weighted by atomic mass is 10.1. The van der Waals surface area contributed by atoms with Gasteiger partial charge in [-0.15, -0.1) is 0 Å². The predicted molar refractivity (Wildman–Crippen MR) is 126 cm³/mol. The van der Waals surface area contributed by atoms with E-state index in [1.54, 1.807) is 14.2 Å². The number of carbonyl (C=O) groups excluding carboxylic acids is 1. The van der Waals surface area contributed by atoms with Crippen LogP contribution >= 0.6 is 0 Å². The molecule has 1 aliphatic heterocycles. The molecule has 1 amide bonds. The molecule has 2 aromatic rings. The van der Waals surface area contributed by atoms with Gasteiger partial charge in [0.1, 0.15) is 5.75 Å². The lowest BCUT2D eigenvalue weighted by Crippen LogP contribution is -2.41. The third kappa shape index (κ3) is 6.74. The first-order valence-electron chi connectivity index (χ1n) is 11.0. The lowest BCUT2D eigenvalue weighted by Gasteiger charge is -2.18. The van der Waals surface area contributed by atoms with Crippen LogP contribution in [-0.4, -0.2) is 57.1 Å². The zero-order chi connectivity index (χ0) is 22.1. The van der Waals surface area contributed by atoms with Crippen molar-refractivity contribution < 1.29 is 9.53 Å². The van der Waals surface area contributed by atoms with E-state index in [-0.39, 0.29) is 5.91 Å². The van der Waals surface area contributed by atoms with E-state index in [1.165, 1.54) is 11.1 Å². The first kappa shape index (κ1) is 22.7. The van der Waals surface area contributed by atoms with Crippen molar-refractivity contribution in [2.45, 2.75) is 26.2 Å². The van der Waals surface area contributed by atoms with Gasteiger partial charge in [0.2, 0.25) is 5.91 Å². The Morgan fingerprint density at radius 3 is 2.68 bits per heavy atom. The molecule has 0 saturated carbocycles. The van der Waals surface area contributed by atoms with Gasteiger partial charge in [-0.2, -0.15) is 0 Å². The number of carbonyl (C=O) groups is 1. The normalized spacial score (nSPS) is 16.5. The van der Waals surface area contributed by atoms with Crippen molar-refractivity contribution in [3.63, 3.8) is 0 Å². The van der Waals surface area contributed by atoms with Crippen LogP contribution in [0.3, 0.4) is 0 Å². The molecule has 0 spiro atoms. The van der Waals surface area contributed by atoms with E-state index < -0.39 is 0 Å². The van der Waals surface area contributed by atoms with Crippen LogP contribution in [0.5, 0.6) is 5.75 Å². The van der Waals surface area contributed by atoms with Gasteiger partial charge < -0.3 is 20.3 Å². The van der Waals surface area contributed by atoms with Crippen LogP contribution in [0.25, 0.3) is 0 Å². The van der Waals surface area contributed by atoms with Crippen molar-refractivity contribution in [1.82, 2.24) is 15.5 Å². The van der Waals surface area contributed by atoms with Crippen LogP contribution in [0.1, 0.15) is 23.1 Å². The van der Waals surface area contributed by atoms with E-state index in [0.29, 0.717) is 12.3 Å². The van der Waals surface area contributed by atoms with Gasteiger partial charge in [-0.3, -0.25) is 9.79 Å². The van der Waals surface area contributed by atoms with Crippen LogP contribution in [0.4, 0.5) is 0 Å². The van der Waals surface area contributed by atoms with E-state index in [0.717, 1.165) is 56.3 Å². The van der Waals surface area contributed by atoms with Gasteiger partial charge in [0.25, 0.3) is 0 Å². The first-order valence-corrected chi connectivity index (χ1v) is 11.0. The Hall–Kier alpha value is -3.02. The SMILES string of the molecule is CN=C(NCCc1ccc(C)c(OC)c1)NCC1CC(=O)N(CCc2ccccc2)C1. The highest BCUT2D eigenvalue weighted by atomic mass is 16.5. The van der Waals surface area contributed by atoms with Crippen LogP contribution < -0.4 is 15.4 Å². The number of hydrogen-bond donors (Lipinski definition) is 2. The van der Waals surface area contributed by atoms with E-state index >= 15 is 0 Å². The Morgan fingerprint density at radius 1 is 1.13 bits per heavy atom. The molecule has 166 valence electrons. The third-order valence-electron chi connectivity index (χ3n) is 5.77. The number of benzene rings is 2. The molecule has 0 radical (unpaired) electrons. The molecule has 6 nitrogen and oxygen atoms in total. The highest BCUT2D eigenvalue weighted by Gasteiger charge is 2.29. The van der Waals surface area contributed by atoms with Gasteiger partial charge in [-0.1, -0.05) is 42.5 Å². The van der Waals surface area contributed by atoms with Gasteiger partial charge >= 0.3 is 0 Å². The topological polar surface area (TPSA) is 66.0 Å². The molecule has 1 atom stereocenters. The molecule has 1 unspecified atom stereocenters. The van der Waals surface area contributed by atoms with E-state index in [1.807, 2.05) is 30.0 Å².